The Morgan fingerprint density at radius 1 is 1.21 bits per heavy atom. The molecule has 0 bridgehead atoms. The van der Waals surface area contributed by atoms with Gasteiger partial charge in [0.1, 0.15) is 22.1 Å². The minimum Gasteiger partial charge on any atom is -0.478 e. The number of carboxylic acids is 2. The minimum atomic E-state index is -1.62. The first kappa shape index (κ1) is 24.2. The molecule has 1 fully saturated rings. The third-order valence-corrected chi connectivity index (χ3v) is 8.54. The van der Waals surface area contributed by atoms with E-state index < -0.39 is 41.3 Å². The molecule has 2 aromatic rings. The van der Waals surface area contributed by atoms with Gasteiger partial charge >= 0.3 is 11.9 Å². The van der Waals surface area contributed by atoms with E-state index in [2.05, 4.69) is 15.5 Å². The molecule has 1 aromatic heterocycles. The number of rotatable bonds is 8. The summed E-state index contributed by atoms with van der Waals surface area (Å²) in [7, 11) is 0. The van der Waals surface area contributed by atoms with Crippen molar-refractivity contribution >= 4 is 58.6 Å². The van der Waals surface area contributed by atoms with Crippen molar-refractivity contribution in [3.05, 3.63) is 51.7 Å². The maximum absolute atomic E-state index is 12.8. The summed E-state index contributed by atoms with van der Waals surface area (Å²) in [5.41, 5.74) is 0.642. The predicted octanol–water partition coefficient (Wildman–Crippen LogP) is 1.11. The van der Waals surface area contributed by atoms with E-state index in [1.54, 1.807) is 0 Å². The van der Waals surface area contributed by atoms with Gasteiger partial charge in [0, 0.05) is 11.5 Å². The average molecular weight is 523 g/mol. The lowest BCUT2D eigenvalue weighted by atomic mass is 10.0. The Kier molecular flexibility index (Phi) is 6.93. The van der Waals surface area contributed by atoms with E-state index in [1.807, 2.05) is 6.92 Å². The van der Waals surface area contributed by atoms with E-state index in [9.17, 15) is 29.4 Å². The van der Waals surface area contributed by atoms with Crippen molar-refractivity contribution < 1.29 is 34.5 Å². The SMILES string of the molecule is Cc1nnc(SCC2=C(C(=O)O)N3C(=O)C(NC(=O)C(O)c4ccc(C(=O)O)cc4)[C@@H]3SC2)s1. The molecule has 34 heavy (non-hydrogen) atoms. The second kappa shape index (κ2) is 9.74. The number of aromatic nitrogens is 2. The number of aromatic carboxylic acids is 1. The molecule has 178 valence electrons. The predicted molar refractivity (Wildman–Crippen MR) is 123 cm³/mol. The lowest BCUT2D eigenvalue weighted by molar-refractivity contribution is -0.151. The van der Waals surface area contributed by atoms with Crippen LogP contribution in [0.5, 0.6) is 0 Å². The highest BCUT2D eigenvalue weighted by Gasteiger charge is 2.54. The molecule has 0 spiro atoms. The molecular formula is C20H18N4O7S3. The fourth-order valence-corrected chi connectivity index (χ4v) is 6.77. The summed E-state index contributed by atoms with van der Waals surface area (Å²) < 4.78 is 0.701. The molecule has 11 nitrogen and oxygen atoms in total. The smallest absolute Gasteiger partial charge is 0.352 e. The van der Waals surface area contributed by atoms with Crippen molar-refractivity contribution in [2.45, 2.75) is 28.8 Å². The van der Waals surface area contributed by atoms with Gasteiger partial charge in [0.15, 0.2) is 10.4 Å². The monoisotopic (exact) mass is 522 g/mol. The van der Waals surface area contributed by atoms with Gasteiger partial charge in [0.05, 0.1) is 5.56 Å². The lowest BCUT2D eigenvalue weighted by Crippen LogP contribution is -2.70. The molecule has 1 aromatic carbocycles. The molecule has 4 rings (SSSR count). The number of carbonyl (C=O) groups excluding carboxylic acids is 2. The number of hydrogen-bond acceptors (Lipinski definition) is 10. The van der Waals surface area contributed by atoms with Gasteiger partial charge in [-0.3, -0.25) is 14.5 Å². The molecular weight excluding hydrogens is 504 g/mol. The zero-order valence-electron chi connectivity index (χ0n) is 17.5. The van der Waals surface area contributed by atoms with Crippen LogP contribution in [-0.2, 0) is 14.4 Å². The van der Waals surface area contributed by atoms with E-state index >= 15 is 0 Å². The average Bonchev–Trinajstić information content (AvgIpc) is 3.24. The van der Waals surface area contributed by atoms with Crippen LogP contribution in [-0.4, -0.2) is 77.1 Å². The number of benzene rings is 1. The van der Waals surface area contributed by atoms with Crippen molar-refractivity contribution in [1.82, 2.24) is 20.4 Å². The number of nitrogens with zero attached hydrogens (tertiary/aromatic N) is 3. The number of fused-ring (bicyclic) bond motifs is 1. The molecule has 2 aliphatic heterocycles. The quantitative estimate of drug-likeness (QED) is 0.289. The largest absolute Gasteiger partial charge is 0.478 e. The summed E-state index contributed by atoms with van der Waals surface area (Å²) in [6.45, 7) is 1.82. The highest BCUT2D eigenvalue weighted by Crippen LogP contribution is 2.42. The van der Waals surface area contributed by atoms with Gasteiger partial charge in [0.2, 0.25) is 0 Å². The van der Waals surface area contributed by atoms with Crippen LogP contribution in [0.2, 0.25) is 0 Å². The highest BCUT2D eigenvalue weighted by molar-refractivity contribution is 8.01. The number of nitrogens with one attached hydrogen (secondary N) is 1. The van der Waals surface area contributed by atoms with Crippen LogP contribution in [0.3, 0.4) is 0 Å². The molecule has 3 heterocycles. The van der Waals surface area contributed by atoms with Crippen LogP contribution in [0, 0.1) is 6.92 Å². The molecule has 2 amide bonds. The number of aliphatic hydroxyl groups is 1. The Balaban J connectivity index is 1.43. The number of carbonyl (C=O) groups is 4. The Labute approximate surface area is 205 Å². The first-order chi connectivity index (χ1) is 16.2. The molecule has 1 saturated heterocycles. The maximum Gasteiger partial charge on any atom is 0.352 e. The molecule has 0 saturated carbocycles. The van der Waals surface area contributed by atoms with Crippen molar-refractivity contribution in [2.75, 3.05) is 11.5 Å². The van der Waals surface area contributed by atoms with Gasteiger partial charge in [0.25, 0.3) is 11.8 Å². The van der Waals surface area contributed by atoms with Gasteiger partial charge in [-0.2, -0.15) is 0 Å². The number of thioether (sulfide) groups is 2. The fourth-order valence-electron chi connectivity index (χ4n) is 3.47. The van der Waals surface area contributed by atoms with Gasteiger partial charge in [-0.15, -0.1) is 22.0 Å². The van der Waals surface area contributed by atoms with Gasteiger partial charge in [-0.25, -0.2) is 9.59 Å². The third kappa shape index (κ3) is 4.66. The zero-order chi connectivity index (χ0) is 24.6. The number of carboxylic acid groups (broad SMARTS) is 2. The number of aryl methyl sites for hydroxylation is 1. The Hall–Kier alpha value is -2.94. The van der Waals surface area contributed by atoms with E-state index in [0.717, 1.165) is 9.91 Å². The van der Waals surface area contributed by atoms with Crippen molar-refractivity contribution in [2.24, 2.45) is 0 Å². The summed E-state index contributed by atoms with van der Waals surface area (Å²) >= 11 is 4.07. The van der Waals surface area contributed by atoms with E-state index in [4.69, 9.17) is 5.11 Å². The summed E-state index contributed by atoms with van der Waals surface area (Å²) in [5, 5.41) is 39.6. The highest BCUT2D eigenvalue weighted by atomic mass is 32.2. The molecule has 4 N–H and O–H groups in total. The van der Waals surface area contributed by atoms with Gasteiger partial charge < -0.3 is 20.6 Å². The molecule has 14 heteroatoms. The number of β-lactam (4-membered cyclic amide) rings is 1. The van der Waals surface area contributed by atoms with Crippen molar-refractivity contribution in [3.8, 4) is 0 Å². The molecule has 0 radical (unpaired) electrons. The molecule has 0 aliphatic carbocycles. The van der Waals surface area contributed by atoms with Crippen molar-refractivity contribution in [1.29, 1.82) is 0 Å². The molecule has 2 aliphatic rings. The van der Waals surface area contributed by atoms with Crippen LogP contribution in [0.4, 0.5) is 0 Å². The Morgan fingerprint density at radius 3 is 2.50 bits per heavy atom. The fraction of sp³-hybridized carbons (Fsp3) is 0.300. The van der Waals surface area contributed by atoms with E-state index in [0.29, 0.717) is 21.4 Å². The van der Waals surface area contributed by atoms with Crippen molar-refractivity contribution in [3.63, 3.8) is 0 Å². The summed E-state index contributed by atoms with van der Waals surface area (Å²) in [6.07, 6.45) is -1.62. The number of amides is 2. The topological polar surface area (TPSA) is 170 Å². The Morgan fingerprint density at radius 2 is 1.91 bits per heavy atom. The van der Waals surface area contributed by atoms with Crippen LogP contribution in [0.25, 0.3) is 0 Å². The second-order valence-electron chi connectivity index (χ2n) is 7.36. The van der Waals surface area contributed by atoms with Gasteiger partial charge in [-0.1, -0.05) is 35.2 Å². The minimum absolute atomic E-state index is 0.00277. The van der Waals surface area contributed by atoms with Crippen LogP contribution < -0.4 is 5.32 Å². The van der Waals surface area contributed by atoms with Crippen LogP contribution in [0.15, 0.2) is 39.9 Å². The zero-order valence-corrected chi connectivity index (χ0v) is 19.9. The number of aliphatic carboxylic acids is 1. The second-order valence-corrected chi connectivity index (χ2v) is 10.9. The first-order valence-electron chi connectivity index (χ1n) is 9.82. The number of hydrogen-bond donors (Lipinski definition) is 4. The van der Waals surface area contributed by atoms with Crippen LogP contribution >= 0.6 is 34.9 Å². The molecule has 3 atom stereocenters. The van der Waals surface area contributed by atoms with E-state index in [1.165, 1.54) is 59.1 Å². The van der Waals surface area contributed by atoms with E-state index in [-0.39, 0.29) is 16.8 Å². The normalized spacial score (nSPS) is 20.4. The number of aliphatic hydroxyl groups excluding tert-OH is 1. The third-order valence-electron chi connectivity index (χ3n) is 5.15. The Bertz CT molecular complexity index is 1200. The molecule has 2 unspecified atom stereocenters. The van der Waals surface area contributed by atoms with Crippen LogP contribution in [0.1, 0.15) is 27.0 Å². The summed E-state index contributed by atoms with van der Waals surface area (Å²) in [6, 6.07) is 4.15. The summed E-state index contributed by atoms with van der Waals surface area (Å²) in [4.78, 5) is 49.4. The summed E-state index contributed by atoms with van der Waals surface area (Å²) in [5.74, 6) is -3.10. The lowest BCUT2D eigenvalue weighted by Gasteiger charge is -2.49. The van der Waals surface area contributed by atoms with Gasteiger partial charge in [-0.05, 0) is 30.2 Å². The standard InChI is InChI=1S/C20H18N4O7S3/c1-8-22-23-20(34-8)33-7-11-6-32-17-12(16(27)24(17)13(11)19(30)31)21-15(26)14(25)9-2-4-10(5-3-9)18(28)29/h2-5,12,14,17,25H,6-7H2,1H3,(H,21,26)(H,28,29)(H,30,31)/t12?,14?,17-/m0/s1. The first-order valence-corrected chi connectivity index (χ1v) is 12.7. The maximum atomic E-state index is 12.8.